The van der Waals surface area contributed by atoms with Gasteiger partial charge in [0.05, 0.1) is 17.9 Å². The van der Waals surface area contributed by atoms with Crippen molar-refractivity contribution in [1.82, 2.24) is 9.55 Å². The average Bonchev–Trinajstić information content (AvgIpc) is 3.44. The zero-order valence-corrected chi connectivity index (χ0v) is 15.8. The molecule has 26 heavy (non-hydrogen) atoms. The molecule has 1 heterocycles. The number of hydrogen-bond donors (Lipinski definition) is 1. The summed E-state index contributed by atoms with van der Waals surface area (Å²) in [4.78, 5) is 4.73. The zero-order chi connectivity index (χ0) is 18.3. The van der Waals surface area contributed by atoms with Gasteiger partial charge in [0.2, 0.25) is 0 Å². The first-order valence-corrected chi connectivity index (χ1v) is 9.80. The number of aliphatic hydroxyl groups excluding tert-OH is 1. The Hall–Kier alpha value is -1.83. The van der Waals surface area contributed by atoms with E-state index in [0.717, 1.165) is 35.2 Å². The summed E-state index contributed by atoms with van der Waals surface area (Å²) in [6.45, 7) is 2.86. The van der Waals surface area contributed by atoms with Gasteiger partial charge < -0.3 is 9.67 Å². The number of nitriles is 1. The molecule has 0 radical (unpaired) electrons. The number of benzene rings is 1. The van der Waals surface area contributed by atoms with Crippen molar-refractivity contribution in [2.24, 2.45) is 5.92 Å². The fraction of sp³-hybridized carbons (Fsp3) is 0.524. The second-order valence-corrected chi connectivity index (χ2v) is 8.19. The van der Waals surface area contributed by atoms with E-state index in [1.54, 1.807) is 0 Å². The van der Waals surface area contributed by atoms with E-state index in [0.29, 0.717) is 18.8 Å². The van der Waals surface area contributed by atoms with Crippen LogP contribution in [0.1, 0.15) is 55.1 Å². The lowest BCUT2D eigenvalue weighted by Gasteiger charge is -2.39. The van der Waals surface area contributed by atoms with E-state index in [1.165, 1.54) is 12.8 Å². The molecule has 2 saturated carbocycles. The van der Waals surface area contributed by atoms with Crippen LogP contribution in [0, 0.1) is 24.2 Å². The fourth-order valence-corrected chi connectivity index (χ4v) is 4.47. The molecule has 1 aromatic heterocycles. The zero-order valence-electron chi connectivity index (χ0n) is 15.0. The van der Waals surface area contributed by atoms with Crippen LogP contribution in [0.25, 0.3) is 0 Å². The Morgan fingerprint density at radius 3 is 2.65 bits per heavy atom. The minimum absolute atomic E-state index is 0.139. The number of aliphatic hydroxyl groups is 1. The normalized spacial score (nSPS) is 28.7. The number of rotatable bonds is 4. The molecule has 1 unspecified atom stereocenters. The second kappa shape index (κ2) is 6.72. The highest BCUT2D eigenvalue weighted by Crippen LogP contribution is 2.45. The molecule has 2 aliphatic rings. The Morgan fingerprint density at radius 1 is 1.31 bits per heavy atom. The minimum atomic E-state index is -0.829. The highest BCUT2D eigenvalue weighted by molar-refractivity contribution is 6.30. The smallest absolute Gasteiger partial charge is 0.131 e. The first kappa shape index (κ1) is 17.6. The summed E-state index contributed by atoms with van der Waals surface area (Å²) in [5, 5.41) is 21.6. The predicted octanol–water partition coefficient (Wildman–Crippen LogP) is 4.34. The molecule has 0 bridgehead atoms. The van der Waals surface area contributed by atoms with E-state index < -0.39 is 11.5 Å². The van der Waals surface area contributed by atoms with E-state index in [9.17, 15) is 10.4 Å². The van der Waals surface area contributed by atoms with Crippen LogP contribution >= 0.6 is 11.6 Å². The molecule has 3 atom stereocenters. The molecule has 0 amide bonds. The molecule has 2 aliphatic carbocycles. The van der Waals surface area contributed by atoms with Gasteiger partial charge in [-0.2, -0.15) is 5.26 Å². The molecule has 0 spiro atoms. The van der Waals surface area contributed by atoms with Crippen molar-refractivity contribution in [3.8, 4) is 6.07 Å². The highest BCUT2D eigenvalue weighted by atomic mass is 35.5. The SMILES string of the molecule is Cc1nc([C@@H]2CCC(C#N)(c3ccccc3)[C@@H](O)C2)n(CC2CC2)c1Cl. The van der Waals surface area contributed by atoms with Gasteiger partial charge in [-0.1, -0.05) is 41.9 Å². The Morgan fingerprint density at radius 2 is 2.04 bits per heavy atom. The quantitative estimate of drug-likeness (QED) is 0.871. The fourth-order valence-electron chi connectivity index (χ4n) is 4.28. The Labute approximate surface area is 159 Å². The van der Waals surface area contributed by atoms with Crippen molar-refractivity contribution in [3.05, 3.63) is 52.6 Å². The molecule has 2 aromatic rings. The lowest BCUT2D eigenvalue weighted by Crippen LogP contribution is -2.43. The van der Waals surface area contributed by atoms with E-state index in [2.05, 4.69) is 10.6 Å². The highest BCUT2D eigenvalue weighted by Gasteiger charge is 2.46. The molecule has 1 aromatic carbocycles. The topological polar surface area (TPSA) is 61.8 Å². The molecular formula is C21H24ClN3O. The van der Waals surface area contributed by atoms with Gasteiger partial charge in [0, 0.05) is 12.5 Å². The van der Waals surface area contributed by atoms with Gasteiger partial charge in [0.25, 0.3) is 0 Å². The van der Waals surface area contributed by atoms with Crippen LogP contribution in [-0.2, 0) is 12.0 Å². The van der Waals surface area contributed by atoms with Crippen LogP contribution in [0.15, 0.2) is 30.3 Å². The first-order valence-electron chi connectivity index (χ1n) is 9.42. The summed E-state index contributed by atoms with van der Waals surface area (Å²) in [6.07, 6.45) is 3.81. The molecule has 0 aliphatic heterocycles. The number of nitrogens with zero attached hydrogens (tertiary/aromatic N) is 3. The molecule has 4 rings (SSSR count). The van der Waals surface area contributed by atoms with Crippen molar-refractivity contribution in [1.29, 1.82) is 5.26 Å². The third-order valence-corrected chi connectivity index (χ3v) is 6.53. The second-order valence-electron chi connectivity index (χ2n) is 7.84. The molecule has 1 N–H and O–H groups in total. The largest absolute Gasteiger partial charge is 0.391 e. The minimum Gasteiger partial charge on any atom is -0.391 e. The van der Waals surface area contributed by atoms with Crippen molar-refractivity contribution in [2.75, 3.05) is 0 Å². The monoisotopic (exact) mass is 369 g/mol. The van der Waals surface area contributed by atoms with E-state index in [1.807, 2.05) is 37.3 Å². The summed E-state index contributed by atoms with van der Waals surface area (Å²) in [5.41, 5.74) is 0.936. The molecule has 4 nitrogen and oxygen atoms in total. The van der Waals surface area contributed by atoms with Gasteiger partial charge in [-0.05, 0) is 50.5 Å². The Bertz CT molecular complexity index is 837. The Kier molecular flexibility index (Phi) is 4.54. The summed E-state index contributed by atoms with van der Waals surface area (Å²) in [5.74, 6) is 1.83. The molecule has 5 heteroatoms. The van der Waals surface area contributed by atoms with E-state index in [4.69, 9.17) is 16.6 Å². The lowest BCUT2D eigenvalue weighted by atomic mass is 9.65. The number of aromatic nitrogens is 2. The third kappa shape index (κ3) is 2.94. The van der Waals surface area contributed by atoms with Gasteiger partial charge >= 0.3 is 0 Å². The van der Waals surface area contributed by atoms with Crippen LogP contribution in [-0.4, -0.2) is 20.8 Å². The summed E-state index contributed by atoms with van der Waals surface area (Å²) < 4.78 is 2.15. The van der Waals surface area contributed by atoms with Crippen LogP contribution in [0.3, 0.4) is 0 Å². The number of halogens is 1. The van der Waals surface area contributed by atoms with Crippen molar-refractivity contribution >= 4 is 11.6 Å². The van der Waals surface area contributed by atoms with Crippen molar-refractivity contribution in [2.45, 2.75) is 63.0 Å². The molecular weight excluding hydrogens is 346 g/mol. The van der Waals surface area contributed by atoms with Crippen molar-refractivity contribution in [3.63, 3.8) is 0 Å². The Balaban J connectivity index is 1.61. The van der Waals surface area contributed by atoms with Crippen LogP contribution < -0.4 is 0 Å². The molecule has 2 fully saturated rings. The number of hydrogen-bond acceptors (Lipinski definition) is 3. The maximum absolute atomic E-state index is 11.0. The number of aryl methyl sites for hydroxylation is 1. The van der Waals surface area contributed by atoms with Crippen LogP contribution in [0.2, 0.25) is 5.15 Å². The molecule has 0 saturated heterocycles. The van der Waals surface area contributed by atoms with E-state index in [-0.39, 0.29) is 5.92 Å². The molecule has 136 valence electrons. The van der Waals surface area contributed by atoms with Gasteiger partial charge in [-0.15, -0.1) is 0 Å². The van der Waals surface area contributed by atoms with Gasteiger partial charge in [0.1, 0.15) is 16.4 Å². The standard InChI is InChI=1S/C21H24ClN3O/c1-14-19(22)25(12-15-7-8-15)20(24-14)16-9-10-21(13-23,18(26)11-16)17-5-3-2-4-6-17/h2-6,15-16,18,26H,7-12H2,1H3/t16-,18+,21?/m1/s1. The maximum atomic E-state index is 11.0. The lowest BCUT2D eigenvalue weighted by molar-refractivity contribution is 0.0602. The average molecular weight is 370 g/mol. The first-order chi connectivity index (χ1) is 12.5. The summed E-state index contributed by atoms with van der Waals surface area (Å²) in [7, 11) is 0. The van der Waals surface area contributed by atoms with Gasteiger partial charge in [-0.25, -0.2) is 4.98 Å². The van der Waals surface area contributed by atoms with Crippen LogP contribution in [0.5, 0.6) is 0 Å². The van der Waals surface area contributed by atoms with Crippen LogP contribution in [0.4, 0.5) is 0 Å². The predicted molar refractivity (Wildman–Crippen MR) is 101 cm³/mol. The summed E-state index contributed by atoms with van der Waals surface area (Å²) in [6, 6.07) is 12.1. The third-order valence-electron chi connectivity index (χ3n) is 6.05. The van der Waals surface area contributed by atoms with Crippen molar-refractivity contribution < 1.29 is 5.11 Å². The van der Waals surface area contributed by atoms with Gasteiger partial charge in [-0.3, -0.25) is 0 Å². The van der Waals surface area contributed by atoms with Gasteiger partial charge in [0.15, 0.2) is 0 Å². The maximum Gasteiger partial charge on any atom is 0.131 e. The van der Waals surface area contributed by atoms with E-state index >= 15 is 0 Å². The summed E-state index contributed by atoms with van der Waals surface area (Å²) >= 11 is 6.51. The number of imidazole rings is 1.